The van der Waals surface area contributed by atoms with Gasteiger partial charge in [-0.15, -0.1) is 0 Å². The lowest BCUT2D eigenvalue weighted by Gasteiger charge is -2.18. The number of benzene rings is 1. The molecule has 0 spiro atoms. The highest BCUT2D eigenvalue weighted by molar-refractivity contribution is 9.10. The fourth-order valence-corrected chi connectivity index (χ4v) is 2.10. The Labute approximate surface area is 120 Å². The predicted molar refractivity (Wildman–Crippen MR) is 78.7 cm³/mol. The van der Waals surface area contributed by atoms with E-state index < -0.39 is 11.9 Å². The summed E-state index contributed by atoms with van der Waals surface area (Å²) in [6.45, 7) is 1.89. The summed E-state index contributed by atoms with van der Waals surface area (Å²) in [4.78, 5) is 15.8. The molecule has 1 aromatic heterocycles. The van der Waals surface area contributed by atoms with Crippen molar-refractivity contribution >= 4 is 27.5 Å². The van der Waals surface area contributed by atoms with Crippen molar-refractivity contribution in [2.45, 2.75) is 13.0 Å². The molecule has 0 aliphatic carbocycles. The van der Waals surface area contributed by atoms with Crippen LogP contribution in [0.3, 0.4) is 0 Å². The van der Waals surface area contributed by atoms with Crippen molar-refractivity contribution in [3.63, 3.8) is 0 Å². The van der Waals surface area contributed by atoms with Crippen LogP contribution in [-0.2, 0) is 4.79 Å². The number of nitrogens with zero attached hydrogens (tertiary/aromatic N) is 1. The lowest BCUT2D eigenvalue weighted by atomic mass is 10.1. The summed E-state index contributed by atoms with van der Waals surface area (Å²) in [5.74, 6) is -0.443. The zero-order chi connectivity index (χ0) is 13.8. The van der Waals surface area contributed by atoms with E-state index >= 15 is 0 Å². The first kappa shape index (κ1) is 13.5. The molecule has 5 heteroatoms. The maximum atomic E-state index is 11.6. The van der Waals surface area contributed by atoms with Crippen LogP contribution in [0.4, 0.5) is 5.69 Å². The van der Waals surface area contributed by atoms with E-state index in [1.165, 1.54) is 0 Å². The Bertz CT molecular complexity index is 583. The first-order valence-electron chi connectivity index (χ1n) is 5.81. The van der Waals surface area contributed by atoms with E-state index in [4.69, 9.17) is 5.73 Å². The number of aryl methyl sites for hydroxylation is 1. The van der Waals surface area contributed by atoms with Gasteiger partial charge in [-0.2, -0.15) is 0 Å². The van der Waals surface area contributed by atoms with E-state index in [2.05, 4.69) is 26.2 Å². The number of primary amides is 1. The third-order valence-corrected chi connectivity index (χ3v) is 3.42. The van der Waals surface area contributed by atoms with E-state index in [0.717, 1.165) is 21.4 Å². The Morgan fingerprint density at radius 3 is 2.63 bits per heavy atom. The summed E-state index contributed by atoms with van der Waals surface area (Å²) >= 11 is 3.43. The summed E-state index contributed by atoms with van der Waals surface area (Å²) in [6.07, 6.45) is 1.66. The number of nitrogens with two attached hydrogens (primary N) is 1. The summed E-state index contributed by atoms with van der Waals surface area (Å²) in [5.41, 5.74) is 7.91. The Morgan fingerprint density at radius 1 is 1.32 bits per heavy atom. The third kappa shape index (κ3) is 3.32. The molecule has 2 aromatic rings. The quantitative estimate of drug-likeness (QED) is 0.910. The molecule has 3 N–H and O–H groups in total. The molecule has 4 nitrogen and oxygen atoms in total. The van der Waals surface area contributed by atoms with Crippen LogP contribution in [0.25, 0.3) is 0 Å². The highest BCUT2D eigenvalue weighted by atomic mass is 79.9. The molecule has 0 saturated heterocycles. The fraction of sp³-hybridized carbons (Fsp3) is 0.143. The SMILES string of the molecule is Cc1ccc(C(Nc2ccccc2Br)C(N)=O)cn1. The standard InChI is InChI=1S/C14H14BrN3O/c1-9-6-7-10(8-17-9)13(14(16)19)18-12-5-3-2-4-11(12)15/h2-8,13,18H,1H3,(H2,16,19). The van der Waals surface area contributed by atoms with Crippen molar-refractivity contribution in [3.05, 3.63) is 58.3 Å². The first-order valence-corrected chi connectivity index (χ1v) is 6.60. The average Bonchev–Trinajstić information content (AvgIpc) is 2.39. The molecule has 0 aliphatic rings. The largest absolute Gasteiger partial charge is 0.369 e. The van der Waals surface area contributed by atoms with Gasteiger partial charge in [0.2, 0.25) is 5.91 Å². The van der Waals surface area contributed by atoms with E-state index in [1.807, 2.05) is 43.3 Å². The van der Waals surface area contributed by atoms with Crippen molar-refractivity contribution in [1.82, 2.24) is 4.98 Å². The van der Waals surface area contributed by atoms with Crippen molar-refractivity contribution in [2.75, 3.05) is 5.32 Å². The summed E-state index contributed by atoms with van der Waals surface area (Å²) in [6, 6.07) is 10.7. The lowest BCUT2D eigenvalue weighted by molar-refractivity contribution is -0.118. The van der Waals surface area contributed by atoms with Gasteiger partial charge in [-0.3, -0.25) is 9.78 Å². The molecule has 1 unspecified atom stereocenters. The molecule has 0 radical (unpaired) electrons. The minimum absolute atomic E-state index is 0.443. The summed E-state index contributed by atoms with van der Waals surface area (Å²) < 4.78 is 0.876. The second-order valence-electron chi connectivity index (χ2n) is 4.19. The van der Waals surface area contributed by atoms with Gasteiger partial charge in [-0.05, 0) is 41.1 Å². The molecular weight excluding hydrogens is 306 g/mol. The van der Waals surface area contributed by atoms with Crippen LogP contribution in [0.2, 0.25) is 0 Å². The summed E-state index contributed by atoms with van der Waals surface area (Å²) in [5, 5.41) is 3.12. The monoisotopic (exact) mass is 319 g/mol. The number of carbonyl (C=O) groups is 1. The van der Waals surface area contributed by atoms with Gasteiger partial charge >= 0.3 is 0 Å². The number of para-hydroxylation sites is 1. The van der Waals surface area contributed by atoms with Crippen molar-refractivity contribution in [3.8, 4) is 0 Å². The van der Waals surface area contributed by atoms with Crippen molar-refractivity contribution in [2.24, 2.45) is 5.73 Å². The maximum Gasteiger partial charge on any atom is 0.244 e. The first-order chi connectivity index (χ1) is 9.08. The maximum absolute atomic E-state index is 11.6. The second kappa shape index (κ2) is 5.84. The van der Waals surface area contributed by atoms with Gasteiger partial charge in [-0.1, -0.05) is 18.2 Å². The Hall–Kier alpha value is -1.88. The van der Waals surface area contributed by atoms with E-state index in [0.29, 0.717) is 0 Å². The Morgan fingerprint density at radius 2 is 2.05 bits per heavy atom. The number of halogens is 1. The normalized spacial score (nSPS) is 11.9. The minimum Gasteiger partial charge on any atom is -0.369 e. The molecular formula is C14H14BrN3O. The molecule has 1 aromatic carbocycles. The second-order valence-corrected chi connectivity index (χ2v) is 5.05. The van der Waals surface area contributed by atoms with Crippen LogP contribution < -0.4 is 11.1 Å². The number of carbonyl (C=O) groups excluding carboxylic acids is 1. The van der Waals surface area contributed by atoms with Gasteiger partial charge in [0, 0.05) is 27.6 Å². The van der Waals surface area contributed by atoms with Crippen LogP contribution >= 0.6 is 15.9 Å². The summed E-state index contributed by atoms with van der Waals surface area (Å²) in [7, 11) is 0. The van der Waals surface area contributed by atoms with Crippen LogP contribution in [-0.4, -0.2) is 10.9 Å². The number of hydrogen-bond acceptors (Lipinski definition) is 3. The van der Waals surface area contributed by atoms with Crippen LogP contribution in [0, 0.1) is 6.92 Å². The molecule has 1 heterocycles. The molecule has 19 heavy (non-hydrogen) atoms. The molecule has 0 fully saturated rings. The zero-order valence-electron chi connectivity index (χ0n) is 10.4. The number of hydrogen-bond donors (Lipinski definition) is 2. The molecule has 1 amide bonds. The average molecular weight is 320 g/mol. The smallest absolute Gasteiger partial charge is 0.244 e. The molecule has 0 aliphatic heterocycles. The topological polar surface area (TPSA) is 68.0 Å². The number of rotatable bonds is 4. The van der Waals surface area contributed by atoms with Crippen molar-refractivity contribution in [1.29, 1.82) is 0 Å². The van der Waals surface area contributed by atoms with Gasteiger partial charge in [0.05, 0.1) is 0 Å². The Kier molecular flexibility index (Phi) is 4.16. The fourth-order valence-electron chi connectivity index (χ4n) is 1.70. The van der Waals surface area contributed by atoms with Crippen LogP contribution in [0.15, 0.2) is 47.1 Å². The highest BCUT2D eigenvalue weighted by Gasteiger charge is 2.18. The number of aromatic nitrogens is 1. The molecule has 2 rings (SSSR count). The van der Waals surface area contributed by atoms with Crippen LogP contribution in [0.5, 0.6) is 0 Å². The third-order valence-electron chi connectivity index (χ3n) is 2.73. The van der Waals surface area contributed by atoms with E-state index in [9.17, 15) is 4.79 Å². The van der Waals surface area contributed by atoms with Gasteiger partial charge in [0.25, 0.3) is 0 Å². The highest BCUT2D eigenvalue weighted by Crippen LogP contribution is 2.26. The number of amides is 1. The van der Waals surface area contributed by atoms with Gasteiger partial charge in [0.15, 0.2) is 0 Å². The molecule has 98 valence electrons. The molecule has 0 saturated carbocycles. The molecule has 1 atom stereocenters. The van der Waals surface area contributed by atoms with Gasteiger partial charge in [0.1, 0.15) is 6.04 Å². The zero-order valence-corrected chi connectivity index (χ0v) is 12.0. The Balaban J connectivity index is 2.29. The predicted octanol–water partition coefficient (Wildman–Crippen LogP) is 2.79. The lowest BCUT2D eigenvalue weighted by Crippen LogP contribution is -2.28. The van der Waals surface area contributed by atoms with Gasteiger partial charge in [-0.25, -0.2) is 0 Å². The van der Waals surface area contributed by atoms with E-state index in [1.54, 1.807) is 6.20 Å². The number of nitrogens with one attached hydrogen (secondary N) is 1. The van der Waals surface area contributed by atoms with Gasteiger partial charge < -0.3 is 11.1 Å². The van der Waals surface area contributed by atoms with Crippen molar-refractivity contribution < 1.29 is 4.79 Å². The number of pyridine rings is 1. The number of anilines is 1. The van der Waals surface area contributed by atoms with Crippen LogP contribution in [0.1, 0.15) is 17.3 Å². The minimum atomic E-state index is -0.605. The molecule has 0 bridgehead atoms. The van der Waals surface area contributed by atoms with E-state index in [-0.39, 0.29) is 0 Å².